The highest BCUT2D eigenvalue weighted by molar-refractivity contribution is 5.70. The normalized spacial score (nSPS) is 23.8. The van der Waals surface area contributed by atoms with Crippen molar-refractivity contribution in [3.8, 4) is 5.75 Å². The first-order chi connectivity index (χ1) is 8.66. The van der Waals surface area contributed by atoms with Gasteiger partial charge in [-0.3, -0.25) is 4.79 Å². The van der Waals surface area contributed by atoms with Gasteiger partial charge in [0.25, 0.3) is 0 Å². The number of phenols is 1. The Morgan fingerprint density at radius 2 is 1.89 bits per heavy atom. The van der Waals surface area contributed by atoms with Crippen molar-refractivity contribution in [2.75, 3.05) is 0 Å². The Kier molecular flexibility index (Phi) is 4.20. The first-order valence-corrected chi connectivity index (χ1v) is 6.40. The number of phenolic OH excluding ortho intramolecular Hbond substituents is 1. The number of nitrogens with one attached hydrogen (secondary N) is 1. The summed E-state index contributed by atoms with van der Waals surface area (Å²) in [7, 11) is 0. The van der Waals surface area contributed by atoms with Crippen LogP contribution in [0.1, 0.15) is 31.2 Å². The maximum atomic E-state index is 10.8. The SMILES string of the molecule is O=C(O)C1CCC(NCc2ccccc2O)CC1. The molecule has 0 amide bonds. The van der Waals surface area contributed by atoms with Crippen LogP contribution in [0, 0.1) is 5.92 Å². The summed E-state index contributed by atoms with van der Waals surface area (Å²) in [5.41, 5.74) is 0.887. The maximum absolute atomic E-state index is 10.8. The summed E-state index contributed by atoms with van der Waals surface area (Å²) < 4.78 is 0. The Morgan fingerprint density at radius 1 is 1.22 bits per heavy atom. The summed E-state index contributed by atoms with van der Waals surface area (Å²) >= 11 is 0. The van der Waals surface area contributed by atoms with Crippen LogP contribution in [0.5, 0.6) is 5.75 Å². The van der Waals surface area contributed by atoms with Crippen molar-refractivity contribution in [1.82, 2.24) is 5.32 Å². The molecule has 1 aliphatic rings. The van der Waals surface area contributed by atoms with Gasteiger partial charge < -0.3 is 15.5 Å². The molecule has 18 heavy (non-hydrogen) atoms. The third-order valence-corrected chi connectivity index (χ3v) is 3.65. The molecule has 0 unspecified atom stereocenters. The Balaban J connectivity index is 1.79. The van der Waals surface area contributed by atoms with E-state index in [-0.39, 0.29) is 5.92 Å². The lowest BCUT2D eigenvalue weighted by atomic mass is 9.86. The number of hydrogen-bond acceptors (Lipinski definition) is 3. The molecule has 4 nitrogen and oxygen atoms in total. The van der Waals surface area contributed by atoms with Crippen LogP contribution in [0.25, 0.3) is 0 Å². The van der Waals surface area contributed by atoms with Crippen molar-refractivity contribution in [1.29, 1.82) is 0 Å². The van der Waals surface area contributed by atoms with Gasteiger partial charge in [-0.25, -0.2) is 0 Å². The van der Waals surface area contributed by atoms with Crippen LogP contribution < -0.4 is 5.32 Å². The molecule has 0 bridgehead atoms. The first-order valence-electron chi connectivity index (χ1n) is 6.40. The molecule has 0 saturated heterocycles. The third-order valence-electron chi connectivity index (χ3n) is 3.65. The molecule has 0 radical (unpaired) electrons. The lowest BCUT2D eigenvalue weighted by molar-refractivity contribution is -0.142. The summed E-state index contributed by atoms with van der Waals surface area (Å²) in [6.45, 7) is 0.634. The largest absolute Gasteiger partial charge is 0.508 e. The van der Waals surface area contributed by atoms with E-state index >= 15 is 0 Å². The zero-order valence-corrected chi connectivity index (χ0v) is 10.3. The molecule has 0 aromatic heterocycles. The van der Waals surface area contributed by atoms with Gasteiger partial charge in [0, 0.05) is 18.2 Å². The quantitative estimate of drug-likeness (QED) is 0.764. The number of aliphatic carboxylic acids is 1. The van der Waals surface area contributed by atoms with Crippen LogP contribution in [-0.4, -0.2) is 22.2 Å². The van der Waals surface area contributed by atoms with Gasteiger partial charge in [-0.1, -0.05) is 18.2 Å². The molecule has 1 aromatic carbocycles. The fraction of sp³-hybridized carbons (Fsp3) is 0.500. The highest BCUT2D eigenvalue weighted by atomic mass is 16.4. The molecule has 0 spiro atoms. The van der Waals surface area contributed by atoms with Gasteiger partial charge in [0.2, 0.25) is 0 Å². The highest BCUT2D eigenvalue weighted by Gasteiger charge is 2.25. The molecule has 0 atom stereocenters. The standard InChI is InChI=1S/C14H19NO3/c16-13-4-2-1-3-11(13)9-15-12-7-5-10(6-8-12)14(17)18/h1-4,10,12,15-16H,5-9H2,(H,17,18). The first kappa shape index (κ1) is 12.9. The lowest BCUT2D eigenvalue weighted by Crippen LogP contribution is -2.34. The molecule has 0 aliphatic heterocycles. The van der Waals surface area contributed by atoms with E-state index in [1.807, 2.05) is 12.1 Å². The van der Waals surface area contributed by atoms with Crippen molar-refractivity contribution in [2.45, 2.75) is 38.3 Å². The summed E-state index contributed by atoms with van der Waals surface area (Å²) in [6.07, 6.45) is 3.27. The Labute approximate surface area is 107 Å². The second kappa shape index (κ2) is 5.87. The molecule has 1 fully saturated rings. The minimum atomic E-state index is -0.672. The average Bonchev–Trinajstić information content (AvgIpc) is 2.38. The van der Waals surface area contributed by atoms with Crippen molar-refractivity contribution < 1.29 is 15.0 Å². The van der Waals surface area contributed by atoms with Crippen LogP contribution >= 0.6 is 0 Å². The second-order valence-corrected chi connectivity index (χ2v) is 4.90. The Bertz CT molecular complexity index is 411. The molecule has 1 aromatic rings. The van der Waals surface area contributed by atoms with Gasteiger partial charge in [0.1, 0.15) is 5.75 Å². The molecular formula is C14H19NO3. The van der Waals surface area contributed by atoms with Gasteiger partial charge in [0.15, 0.2) is 0 Å². The number of aromatic hydroxyl groups is 1. The number of para-hydroxylation sites is 1. The highest BCUT2D eigenvalue weighted by Crippen LogP contribution is 2.25. The molecule has 2 rings (SSSR count). The Morgan fingerprint density at radius 3 is 2.50 bits per heavy atom. The maximum Gasteiger partial charge on any atom is 0.306 e. The van der Waals surface area contributed by atoms with Gasteiger partial charge in [0.05, 0.1) is 5.92 Å². The van der Waals surface area contributed by atoms with Gasteiger partial charge in [-0.15, -0.1) is 0 Å². The van der Waals surface area contributed by atoms with Crippen molar-refractivity contribution in [3.63, 3.8) is 0 Å². The number of carboxylic acid groups (broad SMARTS) is 1. The number of benzene rings is 1. The molecular weight excluding hydrogens is 230 g/mol. The fourth-order valence-electron chi connectivity index (χ4n) is 2.46. The predicted molar refractivity (Wildman–Crippen MR) is 68.3 cm³/mol. The third kappa shape index (κ3) is 3.23. The van der Waals surface area contributed by atoms with Crippen molar-refractivity contribution in [2.24, 2.45) is 5.92 Å². The minimum absolute atomic E-state index is 0.173. The van der Waals surface area contributed by atoms with Crippen LogP contribution in [0.15, 0.2) is 24.3 Å². The van der Waals surface area contributed by atoms with E-state index in [9.17, 15) is 9.90 Å². The number of carbonyl (C=O) groups is 1. The number of carboxylic acids is 1. The molecule has 98 valence electrons. The van der Waals surface area contributed by atoms with E-state index in [2.05, 4.69) is 5.32 Å². The topological polar surface area (TPSA) is 69.6 Å². The number of hydrogen-bond donors (Lipinski definition) is 3. The summed E-state index contributed by atoms with van der Waals surface area (Å²) in [6, 6.07) is 7.64. The average molecular weight is 249 g/mol. The zero-order chi connectivity index (χ0) is 13.0. The number of rotatable bonds is 4. The molecule has 0 heterocycles. The zero-order valence-electron chi connectivity index (χ0n) is 10.3. The fourth-order valence-corrected chi connectivity index (χ4v) is 2.46. The minimum Gasteiger partial charge on any atom is -0.508 e. The predicted octanol–water partition coefficient (Wildman–Crippen LogP) is 2.13. The van der Waals surface area contributed by atoms with Crippen LogP contribution in [0.3, 0.4) is 0 Å². The monoisotopic (exact) mass is 249 g/mol. The van der Waals surface area contributed by atoms with Crippen LogP contribution in [-0.2, 0) is 11.3 Å². The van der Waals surface area contributed by atoms with Crippen LogP contribution in [0.4, 0.5) is 0 Å². The molecule has 1 saturated carbocycles. The summed E-state index contributed by atoms with van der Waals surface area (Å²) in [5, 5.41) is 21.9. The molecule has 1 aliphatic carbocycles. The van der Waals surface area contributed by atoms with E-state index in [1.165, 1.54) is 0 Å². The van der Waals surface area contributed by atoms with E-state index in [0.717, 1.165) is 31.2 Å². The van der Waals surface area contributed by atoms with E-state index in [4.69, 9.17) is 5.11 Å². The lowest BCUT2D eigenvalue weighted by Gasteiger charge is -2.27. The van der Waals surface area contributed by atoms with E-state index < -0.39 is 5.97 Å². The van der Waals surface area contributed by atoms with E-state index in [0.29, 0.717) is 18.3 Å². The summed E-state index contributed by atoms with van der Waals surface area (Å²) in [5.74, 6) is -0.536. The van der Waals surface area contributed by atoms with Gasteiger partial charge in [-0.2, -0.15) is 0 Å². The summed E-state index contributed by atoms with van der Waals surface area (Å²) in [4.78, 5) is 10.8. The second-order valence-electron chi connectivity index (χ2n) is 4.90. The van der Waals surface area contributed by atoms with Gasteiger partial charge in [-0.05, 0) is 31.7 Å². The molecule has 3 N–H and O–H groups in total. The van der Waals surface area contributed by atoms with Crippen LogP contribution in [0.2, 0.25) is 0 Å². The van der Waals surface area contributed by atoms with Gasteiger partial charge >= 0.3 is 5.97 Å². The van der Waals surface area contributed by atoms with E-state index in [1.54, 1.807) is 12.1 Å². The van der Waals surface area contributed by atoms with Crippen molar-refractivity contribution in [3.05, 3.63) is 29.8 Å². The smallest absolute Gasteiger partial charge is 0.306 e. The molecule has 4 heteroatoms. The Hall–Kier alpha value is -1.55. The van der Waals surface area contributed by atoms with Crippen molar-refractivity contribution >= 4 is 5.97 Å².